The fraction of sp³-hybridized carbons (Fsp3) is 0. The van der Waals surface area contributed by atoms with Crippen LogP contribution < -0.4 is 4.90 Å². The second kappa shape index (κ2) is 11.5. The Morgan fingerprint density at radius 3 is 1.78 bits per heavy atom. The summed E-state index contributed by atoms with van der Waals surface area (Å²) in [4.78, 5) is 2.33. The number of hydrogen-bond donors (Lipinski definition) is 0. The molecular formula is C48H31NO. The molecule has 2 heteroatoms. The Morgan fingerprint density at radius 2 is 0.900 bits per heavy atom. The van der Waals surface area contributed by atoms with Crippen LogP contribution in [0.3, 0.4) is 0 Å². The van der Waals surface area contributed by atoms with Crippen molar-refractivity contribution in [3.8, 4) is 22.3 Å². The largest absolute Gasteiger partial charge is 0.456 e. The highest BCUT2D eigenvalue weighted by Gasteiger charge is 2.17. The first-order valence-corrected chi connectivity index (χ1v) is 17.1. The molecule has 1 aromatic heterocycles. The van der Waals surface area contributed by atoms with E-state index in [1.54, 1.807) is 0 Å². The van der Waals surface area contributed by atoms with E-state index in [0.717, 1.165) is 39.0 Å². The van der Waals surface area contributed by atoms with Crippen molar-refractivity contribution in [2.45, 2.75) is 0 Å². The molecule has 0 aliphatic rings. The van der Waals surface area contributed by atoms with Crippen molar-refractivity contribution in [3.05, 3.63) is 188 Å². The molecule has 9 aromatic carbocycles. The third-order valence-corrected chi connectivity index (χ3v) is 10.0. The highest BCUT2D eigenvalue weighted by Crippen LogP contribution is 2.41. The number of nitrogens with zero attached hydrogens (tertiary/aromatic N) is 1. The van der Waals surface area contributed by atoms with Gasteiger partial charge in [-0.2, -0.15) is 0 Å². The van der Waals surface area contributed by atoms with E-state index in [1.165, 1.54) is 54.6 Å². The summed E-state index contributed by atoms with van der Waals surface area (Å²) >= 11 is 0. The van der Waals surface area contributed by atoms with Gasteiger partial charge >= 0.3 is 0 Å². The molecule has 0 amide bonds. The Balaban J connectivity index is 1.10. The minimum absolute atomic E-state index is 0.874. The lowest BCUT2D eigenvalue weighted by atomic mass is 9.97. The average molecular weight is 638 g/mol. The second-order valence-electron chi connectivity index (χ2n) is 13.0. The highest BCUT2D eigenvalue weighted by molar-refractivity contribution is 6.09. The van der Waals surface area contributed by atoms with Crippen molar-refractivity contribution in [1.82, 2.24) is 0 Å². The van der Waals surface area contributed by atoms with Gasteiger partial charge in [-0.1, -0.05) is 133 Å². The Kier molecular flexibility index (Phi) is 6.53. The van der Waals surface area contributed by atoms with Gasteiger partial charge in [0.2, 0.25) is 0 Å². The van der Waals surface area contributed by atoms with E-state index in [-0.39, 0.29) is 0 Å². The van der Waals surface area contributed by atoms with Crippen molar-refractivity contribution in [3.63, 3.8) is 0 Å². The smallest absolute Gasteiger partial charge is 0.137 e. The van der Waals surface area contributed by atoms with Crippen molar-refractivity contribution >= 4 is 71.3 Å². The van der Waals surface area contributed by atoms with Gasteiger partial charge in [-0.3, -0.25) is 0 Å². The number of hydrogen-bond acceptors (Lipinski definition) is 2. The molecule has 234 valence electrons. The number of furan rings is 1. The topological polar surface area (TPSA) is 16.4 Å². The predicted molar refractivity (Wildman–Crippen MR) is 212 cm³/mol. The minimum Gasteiger partial charge on any atom is -0.456 e. The third kappa shape index (κ3) is 4.73. The Labute approximate surface area is 290 Å². The Morgan fingerprint density at radius 1 is 0.300 bits per heavy atom. The predicted octanol–water partition coefficient (Wildman–Crippen LogP) is 13.8. The molecule has 10 aromatic rings. The zero-order chi connectivity index (χ0) is 33.0. The quantitative estimate of drug-likeness (QED) is 0.175. The fourth-order valence-corrected chi connectivity index (χ4v) is 7.59. The van der Waals surface area contributed by atoms with Gasteiger partial charge in [0.25, 0.3) is 0 Å². The van der Waals surface area contributed by atoms with Crippen LogP contribution in [-0.2, 0) is 0 Å². The molecule has 0 spiro atoms. The van der Waals surface area contributed by atoms with Gasteiger partial charge in [-0.25, -0.2) is 0 Å². The van der Waals surface area contributed by atoms with Crippen LogP contribution in [0.5, 0.6) is 0 Å². The zero-order valence-electron chi connectivity index (χ0n) is 27.3. The van der Waals surface area contributed by atoms with Gasteiger partial charge in [-0.05, 0) is 103 Å². The third-order valence-electron chi connectivity index (χ3n) is 10.0. The lowest BCUT2D eigenvalue weighted by Crippen LogP contribution is -2.10. The zero-order valence-corrected chi connectivity index (χ0v) is 27.3. The van der Waals surface area contributed by atoms with Crippen molar-refractivity contribution in [1.29, 1.82) is 0 Å². The van der Waals surface area contributed by atoms with Crippen LogP contribution in [0.4, 0.5) is 17.1 Å². The summed E-state index contributed by atoms with van der Waals surface area (Å²) in [6.07, 6.45) is 0. The molecule has 0 bridgehead atoms. The van der Waals surface area contributed by atoms with Crippen molar-refractivity contribution in [2.24, 2.45) is 0 Å². The van der Waals surface area contributed by atoms with E-state index in [2.05, 4.69) is 181 Å². The van der Waals surface area contributed by atoms with E-state index in [4.69, 9.17) is 4.42 Å². The maximum atomic E-state index is 6.37. The molecule has 0 unspecified atom stereocenters. The summed E-state index contributed by atoms with van der Waals surface area (Å²) < 4.78 is 6.37. The molecule has 0 aliphatic carbocycles. The maximum absolute atomic E-state index is 6.37. The van der Waals surface area contributed by atoms with Crippen LogP contribution >= 0.6 is 0 Å². The number of anilines is 3. The Hall–Kier alpha value is -6.64. The van der Waals surface area contributed by atoms with Gasteiger partial charge < -0.3 is 9.32 Å². The molecule has 0 saturated heterocycles. The fourth-order valence-electron chi connectivity index (χ4n) is 7.59. The van der Waals surface area contributed by atoms with Crippen LogP contribution in [0.25, 0.3) is 76.5 Å². The number of para-hydroxylation sites is 1. The summed E-state index contributed by atoms with van der Waals surface area (Å²) in [5.41, 5.74) is 9.75. The number of rotatable bonds is 5. The van der Waals surface area contributed by atoms with Crippen LogP contribution in [-0.4, -0.2) is 0 Å². The number of benzene rings is 9. The molecule has 0 N–H and O–H groups in total. The van der Waals surface area contributed by atoms with Gasteiger partial charge in [0.1, 0.15) is 11.2 Å². The Bertz CT molecular complexity index is 2870. The van der Waals surface area contributed by atoms with E-state index >= 15 is 0 Å². The van der Waals surface area contributed by atoms with Crippen molar-refractivity contribution < 1.29 is 4.42 Å². The van der Waals surface area contributed by atoms with Gasteiger partial charge in [0.05, 0.1) is 0 Å². The molecule has 0 radical (unpaired) electrons. The molecule has 0 atom stereocenters. The van der Waals surface area contributed by atoms with Crippen LogP contribution in [0.15, 0.2) is 192 Å². The SMILES string of the molecule is c1cc(-c2cccc3ccccc23)cc(N(c2ccc(-c3ccc4c(ccc5ccccc54)c3)cc2)c2ccc3c(c2)oc2ccccc23)c1. The summed E-state index contributed by atoms with van der Waals surface area (Å²) in [5, 5.41) is 9.81. The van der Waals surface area contributed by atoms with Crippen LogP contribution in [0.2, 0.25) is 0 Å². The van der Waals surface area contributed by atoms with Crippen LogP contribution in [0, 0.1) is 0 Å². The van der Waals surface area contributed by atoms with Gasteiger partial charge in [0, 0.05) is 33.9 Å². The van der Waals surface area contributed by atoms with E-state index in [1.807, 2.05) is 12.1 Å². The first-order chi connectivity index (χ1) is 24.8. The van der Waals surface area contributed by atoms with Crippen LogP contribution in [0.1, 0.15) is 0 Å². The first-order valence-electron chi connectivity index (χ1n) is 17.1. The first kappa shape index (κ1) is 28.4. The van der Waals surface area contributed by atoms with E-state index in [0.29, 0.717) is 0 Å². The summed E-state index contributed by atoms with van der Waals surface area (Å²) in [7, 11) is 0. The molecule has 1 heterocycles. The molecule has 0 fully saturated rings. The highest BCUT2D eigenvalue weighted by atomic mass is 16.3. The molecule has 2 nitrogen and oxygen atoms in total. The van der Waals surface area contributed by atoms with E-state index < -0.39 is 0 Å². The normalized spacial score (nSPS) is 11.6. The summed E-state index contributed by atoms with van der Waals surface area (Å²) in [6.45, 7) is 0. The van der Waals surface area contributed by atoms with Gasteiger partial charge in [0.15, 0.2) is 0 Å². The molecular weight excluding hydrogens is 607 g/mol. The molecule has 0 aliphatic heterocycles. The van der Waals surface area contributed by atoms with E-state index in [9.17, 15) is 0 Å². The number of fused-ring (bicyclic) bond motifs is 7. The molecule has 0 saturated carbocycles. The monoisotopic (exact) mass is 637 g/mol. The lowest BCUT2D eigenvalue weighted by Gasteiger charge is -2.26. The summed E-state index contributed by atoms with van der Waals surface area (Å²) in [5.74, 6) is 0. The lowest BCUT2D eigenvalue weighted by molar-refractivity contribution is 0.669. The molecule has 50 heavy (non-hydrogen) atoms. The summed E-state index contributed by atoms with van der Waals surface area (Å²) in [6, 6.07) is 67.6. The second-order valence-corrected chi connectivity index (χ2v) is 13.0. The van der Waals surface area contributed by atoms with Crippen molar-refractivity contribution in [2.75, 3.05) is 4.90 Å². The minimum atomic E-state index is 0.874. The average Bonchev–Trinajstić information content (AvgIpc) is 3.56. The maximum Gasteiger partial charge on any atom is 0.137 e. The van der Waals surface area contributed by atoms with Gasteiger partial charge in [-0.15, -0.1) is 0 Å². The molecule has 10 rings (SSSR count). The standard InChI is InChI=1S/C48H31NO/c1-3-14-41-33(9-1)11-8-17-43(41)36-12-7-13-39(30-36)49(40-26-28-46-45-16-5-6-18-47(45)50-48(46)31-40)38-24-21-32(22-25-38)35-23-27-44-37(29-35)20-19-34-10-2-4-15-42(34)44/h1-31H.